The summed E-state index contributed by atoms with van der Waals surface area (Å²) in [6, 6.07) is 0. The molecule has 1 amide bonds. The number of carbonyl (C=O) groups excluding carboxylic acids is 1. The molecule has 23 heavy (non-hydrogen) atoms. The van der Waals surface area contributed by atoms with Crippen LogP contribution in [0.3, 0.4) is 0 Å². The van der Waals surface area contributed by atoms with Gasteiger partial charge in [-0.05, 0) is 30.6 Å². The van der Waals surface area contributed by atoms with Gasteiger partial charge < -0.3 is 5.11 Å². The van der Waals surface area contributed by atoms with Crippen LogP contribution in [0.2, 0.25) is 0 Å². The summed E-state index contributed by atoms with van der Waals surface area (Å²) in [5.74, 6) is -2.62. The smallest absolute Gasteiger partial charge is 0.362 e. The average molecular weight is 334 g/mol. The third-order valence-corrected chi connectivity index (χ3v) is 5.05. The van der Waals surface area contributed by atoms with E-state index in [1.165, 1.54) is 13.8 Å². The van der Waals surface area contributed by atoms with Crippen molar-refractivity contribution in [1.82, 2.24) is 5.01 Å². The van der Waals surface area contributed by atoms with Gasteiger partial charge in [-0.3, -0.25) is 4.79 Å². The normalized spacial score (nSPS) is 32.1. The molecule has 0 radical (unpaired) electrons. The van der Waals surface area contributed by atoms with Crippen molar-refractivity contribution in [2.24, 2.45) is 28.3 Å². The molecule has 4 nitrogen and oxygen atoms in total. The van der Waals surface area contributed by atoms with Crippen LogP contribution in [0, 0.1) is 23.2 Å². The van der Waals surface area contributed by atoms with Crippen LogP contribution in [0.1, 0.15) is 53.9 Å². The molecule has 2 aliphatic rings. The van der Waals surface area contributed by atoms with Crippen LogP contribution >= 0.6 is 0 Å². The Bertz CT molecular complexity index is 522. The van der Waals surface area contributed by atoms with E-state index in [9.17, 15) is 23.1 Å². The first kappa shape index (κ1) is 18.2. The van der Waals surface area contributed by atoms with E-state index in [1.54, 1.807) is 0 Å². The standard InChI is InChI=1S/C16H25F3N2O2/c1-9(2)13(22)21-15(23,16(17,18)19)11-8-10(14(3,4)5)6-7-12(11)20-21/h9-11,23H,6-8H2,1-5H3/t10-,11-,15+/m0/s1. The summed E-state index contributed by atoms with van der Waals surface area (Å²) in [5, 5.41) is 14.7. The maximum atomic E-state index is 13.7. The SMILES string of the molecule is CC(C)C(=O)N1N=C2CC[C@H](C(C)(C)C)C[C@@H]2[C@@]1(O)C(F)(F)F. The molecule has 1 aliphatic carbocycles. The van der Waals surface area contributed by atoms with E-state index in [0.29, 0.717) is 17.1 Å². The number of carbonyl (C=O) groups is 1. The van der Waals surface area contributed by atoms with E-state index >= 15 is 0 Å². The van der Waals surface area contributed by atoms with Crippen molar-refractivity contribution in [1.29, 1.82) is 0 Å². The van der Waals surface area contributed by atoms with E-state index in [1.807, 2.05) is 20.8 Å². The molecule has 0 saturated heterocycles. The molecule has 0 unspecified atom stereocenters. The molecule has 2 rings (SSSR count). The Balaban J connectivity index is 2.44. The van der Waals surface area contributed by atoms with Gasteiger partial charge >= 0.3 is 6.18 Å². The third-order valence-electron chi connectivity index (χ3n) is 5.05. The maximum Gasteiger partial charge on any atom is 0.439 e. The molecule has 0 aromatic heterocycles. The molecule has 3 atom stereocenters. The first-order valence-corrected chi connectivity index (χ1v) is 8.00. The molecule has 0 spiro atoms. The van der Waals surface area contributed by atoms with Crippen molar-refractivity contribution in [3.05, 3.63) is 0 Å². The first-order valence-electron chi connectivity index (χ1n) is 8.00. The summed E-state index contributed by atoms with van der Waals surface area (Å²) >= 11 is 0. The van der Waals surface area contributed by atoms with Crippen molar-refractivity contribution in [2.75, 3.05) is 0 Å². The predicted octanol–water partition coefficient (Wildman–Crippen LogP) is 3.55. The van der Waals surface area contributed by atoms with E-state index in [0.717, 1.165) is 6.42 Å². The zero-order valence-corrected chi connectivity index (χ0v) is 14.2. The van der Waals surface area contributed by atoms with Gasteiger partial charge in [0.1, 0.15) is 0 Å². The fourth-order valence-corrected chi connectivity index (χ4v) is 3.47. The molecule has 7 heteroatoms. The summed E-state index contributed by atoms with van der Waals surface area (Å²) in [6.07, 6.45) is -3.67. The molecule has 132 valence electrons. The van der Waals surface area contributed by atoms with Gasteiger partial charge in [-0.2, -0.15) is 23.3 Å². The maximum absolute atomic E-state index is 13.7. The van der Waals surface area contributed by atoms with Crippen LogP contribution in [0.25, 0.3) is 0 Å². The number of hydrazone groups is 1. The molecule has 0 bridgehead atoms. The fourth-order valence-electron chi connectivity index (χ4n) is 3.47. The van der Waals surface area contributed by atoms with Crippen LogP contribution in [-0.2, 0) is 4.79 Å². The second-order valence-corrected chi connectivity index (χ2v) is 8.01. The monoisotopic (exact) mass is 334 g/mol. The largest absolute Gasteiger partial charge is 0.439 e. The Labute approximate surface area is 134 Å². The molecular formula is C16H25F3N2O2. The molecular weight excluding hydrogens is 309 g/mol. The highest BCUT2D eigenvalue weighted by atomic mass is 19.4. The van der Waals surface area contributed by atoms with Gasteiger partial charge in [-0.15, -0.1) is 0 Å². The molecule has 0 aromatic rings. The topological polar surface area (TPSA) is 52.9 Å². The van der Waals surface area contributed by atoms with Gasteiger partial charge in [-0.25, -0.2) is 0 Å². The van der Waals surface area contributed by atoms with Crippen LogP contribution in [0.5, 0.6) is 0 Å². The summed E-state index contributed by atoms with van der Waals surface area (Å²) < 4.78 is 41.1. The Morgan fingerprint density at radius 3 is 2.35 bits per heavy atom. The number of hydrogen-bond donors (Lipinski definition) is 1. The molecule has 1 aliphatic heterocycles. The molecule has 1 N–H and O–H groups in total. The number of hydrogen-bond acceptors (Lipinski definition) is 3. The zero-order valence-electron chi connectivity index (χ0n) is 14.2. The van der Waals surface area contributed by atoms with Crippen LogP contribution in [-0.4, -0.2) is 33.6 Å². The van der Waals surface area contributed by atoms with E-state index < -0.39 is 29.6 Å². The van der Waals surface area contributed by atoms with Gasteiger partial charge in [0.05, 0.1) is 5.92 Å². The number of rotatable bonds is 1. The highest BCUT2D eigenvalue weighted by molar-refractivity contribution is 5.93. The number of alkyl halides is 3. The predicted molar refractivity (Wildman–Crippen MR) is 80.4 cm³/mol. The van der Waals surface area contributed by atoms with Crippen molar-refractivity contribution < 1.29 is 23.1 Å². The summed E-state index contributed by atoms with van der Waals surface area (Å²) in [7, 11) is 0. The van der Waals surface area contributed by atoms with Gasteiger partial charge in [0.2, 0.25) is 5.91 Å². The van der Waals surface area contributed by atoms with Gasteiger partial charge in [-0.1, -0.05) is 34.6 Å². The fraction of sp³-hybridized carbons (Fsp3) is 0.875. The number of amides is 1. The van der Waals surface area contributed by atoms with Crippen LogP contribution in [0.15, 0.2) is 5.10 Å². The number of aliphatic hydroxyl groups is 1. The van der Waals surface area contributed by atoms with E-state index in [-0.39, 0.29) is 17.8 Å². The Kier molecular flexibility index (Phi) is 4.33. The second-order valence-electron chi connectivity index (χ2n) is 8.01. The minimum absolute atomic E-state index is 0.0365. The zero-order chi connectivity index (χ0) is 17.8. The van der Waals surface area contributed by atoms with Crippen LogP contribution in [0.4, 0.5) is 13.2 Å². The number of fused-ring (bicyclic) bond motifs is 1. The Hall–Kier alpha value is -1.11. The van der Waals surface area contributed by atoms with Crippen LogP contribution < -0.4 is 0 Å². The highest BCUT2D eigenvalue weighted by Gasteiger charge is 2.69. The summed E-state index contributed by atoms with van der Waals surface area (Å²) in [4.78, 5) is 12.2. The first-order chi connectivity index (χ1) is 10.3. The third kappa shape index (κ3) is 2.88. The number of nitrogens with zero attached hydrogens (tertiary/aromatic N) is 2. The van der Waals surface area contributed by atoms with Crippen molar-refractivity contribution in [3.8, 4) is 0 Å². The molecule has 1 heterocycles. The van der Waals surface area contributed by atoms with Gasteiger partial charge in [0.25, 0.3) is 5.72 Å². The molecule has 0 aromatic carbocycles. The number of halogens is 3. The molecule has 1 saturated carbocycles. The van der Waals surface area contributed by atoms with Gasteiger partial charge in [0, 0.05) is 11.6 Å². The molecule has 1 fully saturated rings. The van der Waals surface area contributed by atoms with Crippen molar-refractivity contribution in [3.63, 3.8) is 0 Å². The Morgan fingerprint density at radius 2 is 1.91 bits per heavy atom. The summed E-state index contributed by atoms with van der Waals surface area (Å²) in [6.45, 7) is 8.95. The lowest BCUT2D eigenvalue weighted by Crippen LogP contribution is -2.62. The van der Waals surface area contributed by atoms with Crippen molar-refractivity contribution in [2.45, 2.75) is 65.8 Å². The lowest BCUT2D eigenvalue weighted by Gasteiger charge is -2.43. The second kappa shape index (κ2) is 5.46. The quantitative estimate of drug-likeness (QED) is 0.797. The minimum atomic E-state index is -4.95. The highest BCUT2D eigenvalue weighted by Crippen LogP contribution is 2.52. The van der Waals surface area contributed by atoms with Crippen molar-refractivity contribution >= 4 is 11.6 Å². The lowest BCUT2D eigenvalue weighted by molar-refractivity contribution is -0.318. The van der Waals surface area contributed by atoms with E-state index in [4.69, 9.17) is 0 Å². The summed E-state index contributed by atoms with van der Waals surface area (Å²) in [5.41, 5.74) is -3.10. The average Bonchev–Trinajstić information content (AvgIpc) is 2.70. The van der Waals surface area contributed by atoms with E-state index in [2.05, 4.69) is 5.10 Å². The minimum Gasteiger partial charge on any atom is -0.362 e. The lowest BCUT2D eigenvalue weighted by atomic mass is 9.66. The Morgan fingerprint density at radius 1 is 1.35 bits per heavy atom. The van der Waals surface area contributed by atoms with Gasteiger partial charge in [0.15, 0.2) is 0 Å².